The molecule has 0 aliphatic rings. The molecule has 0 aromatic heterocycles. The second-order valence-corrected chi connectivity index (χ2v) is 4.05. The van der Waals surface area contributed by atoms with E-state index >= 15 is 0 Å². The van der Waals surface area contributed by atoms with Gasteiger partial charge in [-0.05, 0) is 24.1 Å². The van der Waals surface area contributed by atoms with Crippen LogP contribution in [0.3, 0.4) is 0 Å². The number of hydrogen-bond acceptors (Lipinski definition) is 1. The van der Waals surface area contributed by atoms with E-state index in [-0.39, 0.29) is 6.04 Å². The first-order valence-corrected chi connectivity index (χ1v) is 5.49. The Labute approximate surface area is 94.0 Å². The number of terminal acetylenes is 1. The third kappa shape index (κ3) is 3.53. The fourth-order valence-electron chi connectivity index (χ4n) is 1.16. The monoisotopic (exact) mass is 251 g/mol. The van der Waals surface area contributed by atoms with Crippen molar-refractivity contribution >= 4 is 15.9 Å². The lowest BCUT2D eigenvalue weighted by Crippen LogP contribution is -2.25. The van der Waals surface area contributed by atoms with Crippen molar-refractivity contribution in [3.05, 3.63) is 34.3 Å². The first-order valence-electron chi connectivity index (χ1n) is 4.70. The van der Waals surface area contributed by atoms with Gasteiger partial charge in [0.1, 0.15) is 0 Å². The van der Waals surface area contributed by atoms with Gasteiger partial charge in [-0.15, -0.1) is 6.42 Å². The molecule has 0 heterocycles. The summed E-state index contributed by atoms with van der Waals surface area (Å²) in [7, 11) is 0. The summed E-state index contributed by atoms with van der Waals surface area (Å²) in [6.45, 7) is 2.91. The van der Waals surface area contributed by atoms with Gasteiger partial charge in [-0.2, -0.15) is 0 Å². The zero-order valence-corrected chi connectivity index (χ0v) is 9.84. The van der Waals surface area contributed by atoms with Crippen molar-refractivity contribution in [2.45, 2.75) is 25.9 Å². The third-order valence-electron chi connectivity index (χ3n) is 2.08. The van der Waals surface area contributed by atoms with Crippen LogP contribution in [0.2, 0.25) is 0 Å². The van der Waals surface area contributed by atoms with Gasteiger partial charge in [-0.3, -0.25) is 5.32 Å². The second kappa shape index (κ2) is 5.85. The molecule has 1 unspecified atom stereocenters. The predicted molar refractivity (Wildman–Crippen MR) is 63.9 cm³/mol. The second-order valence-electron chi connectivity index (χ2n) is 3.13. The first kappa shape index (κ1) is 11.3. The van der Waals surface area contributed by atoms with Crippen LogP contribution < -0.4 is 5.32 Å². The molecule has 0 fully saturated rings. The molecule has 1 rings (SSSR count). The molecule has 0 amide bonds. The lowest BCUT2D eigenvalue weighted by molar-refractivity contribution is 0.592. The lowest BCUT2D eigenvalue weighted by Gasteiger charge is -2.10. The van der Waals surface area contributed by atoms with Crippen LogP contribution in [0.1, 0.15) is 18.9 Å². The zero-order chi connectivity index (χ0) is 10.4. The number of hydrogen-bond donors (Lipinski definition) is 1. The molecule has 0 spiro atoms. The maximum Gasteiger partial charge on any atom is 0.0686 e. The molecule has 74 valence electrons. The van der Waals surface area contributed by atoms with Crippen molar-refractivity contribution < 1.29 is 0 Å². The van der Waals surface area contributed by atoms with E-state index in [1.165, 1.54) is 5.56 Å². The highest BCUT2D eigenvalue weighted by atomic mass is 79.9. The van der Waals surface area contributed by atoms with Gasteiger partial charge in [0.05, 0.1) is 6.04 Å². The highest BCUT2D eigenvalue weighted by Gasteiger charge is 2.00. The van der Waals surface area contributed by atoms with E-state index in [9.17, 15) is 0 Å². The van der Waals surface area contributed by atoms with Gasteiger partial charge in [0.15, 0.2) is 0 Å². The number of rotatable bonds is 4. The molecule has 0 radical (unpaired) electrons. The molecule has 0 aliphatic heterocycles. The molecule has 1 atom stereocenters. The lowest BCUT2D eigenvalue weighted by atomic mass is 10.2. The molecule has 0 saturated heterocycles. The van der Waals surface area contributed by atoms with E-state index in [1.807, 2.05) is 12.1 Å². The number of nitrogens with one attached hydrogen (secondary N) is 1. The Morgan fingerprint density at radius 2 is 2.07 bits per heavy atom. The molecule has 0 saturated carbocycles. The van der Waals surface area contributed by atoms with Crippen molar-refractivity contribution in [2.24, 2.45) is 0 Å². The van der Waals surface area contributed by atoms with Crippen LogP contribution in [-0.2, 0) is 6.54 Å². The van der Waals surface area contributed by atoms with E-state index < -0.39 is 0 Å². The topological polar surface area (TPSA) is 12.0 Å². The summed E-state index contributed by atoms with van der Waals surface area (Å²) >= 11 is 3.40. The van der Waals surface area contributed by atoms with E-state index in [0.717, 1.165) is 17.4 Å². The minimum absolute atomic E-state index is 0.179. The van der Waals surface area contributed by atoms with Crippen LogP contribution >= 0.6 is 15.9 Å². The van der Waals surface area contributed by atoms with Gasteiger partial charge >= 0.3 is 0 Å². The summed E-state index contributed by atoms with van der Waals surface area (Å²) in [5, 5.41) is 3.30. The minimum atomic E-state index is 0.179. The quantitative estimate of drug-likeness (QED) is 0.812. The predicted octanol–water partition coefficient (Wildman–Crippen LogP) is 2.95. The summed E-state index contributed by atoms with van der Waals surface area (Å²) in [4.78, 5) is 0. The van der Waals surface area contributed by atoms with Gasteiger partial charge < -0.3 is 0 Å². The van der Waals surface area contributed by atoms with E-state index in [2.05, 4.69) is 46.2 Å². The van der Waals surface area contributed by atoms with Crippen LogP contribution in [-0.4, -0.2) is 6.04 Å². The summed E-state index contributed by atoms with van der Waals surface area (Å²) in [5.74, 6) is 2.71. The van der Waals surface area contributed by atoms with Crippen molar-refractivity contribution in [3.8, 4) is 12.3 Å². The van der Waals surface area contributed by atoms with Gasteiger partial charge in [0.25, 0.3) is 0 Å². The fraction of sp³-hybridized carbons (Fsp3) is 0.333. The van der Waals surface area contributed by atoms with Gasteiger partial charge in [-0.1, -0.05) is 40.9 Å². The average Bonchev–Trinajstić information content (AvgIpc) is 2.22. The summed E-state index contributed by atoms with van der Waals surface area (Å²) in [6, 6.07) is 8.42. The summed E-state index contributed by atoms with van der Waals surface area (Å²) in [6.07, 6.45) is 6.32. The van der Waals surface area contributed by atoms with Crippen molar-refractivity contribution in [1.29, 1.82) is 0 Å². The van der Waals surface area contributed by atoms with Gasteiger partial charge in [0.2, 0.25) is 0 Å². The van der Waals surface area contributed by atoms with E-state index in [0.29, 0.717) is 0 Å². The van der Waals surface area contributed by atoms with Crippen LogP contribution in [0, 0.1) is 12.3 Å². The molecular weight excluding hydrogens is 238 g/mol. The fourth-order valence-corrected chi connectivity index (χ4v) is 1.43. The molecular formula is C12H14BrN. The maximum absolute atomic E-state index is 5.35. The summed E-state index contributed by atoms with van der Waals surface area (Å²) < 4.78 is 1.10. The zero-order valence-electron chi connectivity index (χ0n) is 8.26. The normalized spacial score (nSPS) is 12.1. The Morgan fingerprint density at radius 3 is 2.57 bits per heavy atom. The number of halogens is 1. The SMILES string of the molecule is C#CC(CC)NCc1ccc(Br)cc1. The minimum Gasteiger partial charge on any atom is -0.300 e. The Morgan fingerprint density at radius 1 is 1.43 bits per heavy atom. The molecule has 14 heavy (non-hydrogen) atoms. The van der Waals surface area contributed by atoms with Crippen LogP contribution in [0.4, 0.5) is 0 Å². The largest absolute Gasteiger partial charge is 0.300 e. The first-order chi connectivity index (χ1) is 6.76. The highest BCUT2D eigenvalue weighted by molar-refractivity contribution is 9.10. The van der Waals surface area contributed by atoms with E-state index in [1.54, 1.807) is 0 Å². The molecule has 0 bridgehead atoms. The Kier molecular flexibility index (Phi) is 4.72. The Balaban J connectivity index is 2.46. The highest BCUT2D eigenvalue weighted by Crippen LogP contribution is 2.10. The van der Waals surface area contributed by atoms with Crippen molar-refractivity contribution in [2.75, 3.05) is 0 Å². The third-order valence-corrected chi connectivity index (χ3v) is 2.60. The van der Waals surface area contributed by atoms with Gasteiger partial charge in [0, 0.05) is 11.0 Å². The molecule has 0 aliphatic carbocycles. The van der Waals surface area contributed by atoms with Crippen molar-refractivity contribution in [1.82, 2.24) is 5.32 Å². The smallest absolute Gasteiger partial charge is 0.0686 e. The maximum atomic E-state index is 5.35. The molecule has 1 N–H and O–H groups in total. The Hall–Kier alpha value is -0.780. The van der Waals surface area contributed by atoms with Crippen LogP contribution in [0.25, 0.3) is 0 Å². The summed E-state index contributed by atoms with van der Waals surface area (Å²) in [5.41, 5.74) is 1.25. The van der Waals surface area contributed by atoms with Gasteiger partial charge in [-0.25, -0.2) is 0 Å². The van der Waals surface area contributed by atoms with E-state index in [4.69, 9.17) is 6.42 Å². The molecule has 1 aromatic carbocycles. The molecule has 1 nitrogen and oxygen atoms in total. The van der Waals surface area contributed by atoms with Crippen molar-refractivity contribution in [3.63, 3.8) is 0 Å². The Bertz CT molecular complexity index is 310. The average molecular weight is 252 g/mol. The standard InChI is InChI=1S/C12H14BrN/c1-3-12(4-2)14-9-10-5-7-11(13)8-6-10/h1,5-8,12,14H,4,9H2,2H3. The van der Waals surface area contributed by atoms with Crippen LogP contribution in [0.15, 0.2) is 28.7 Å². The molecule has 1 aromatic rings. The van der Waals surface area contributed by atoms with Crippen LogP contribution in [0.5, 0.6) is 0 Å². The molecule has 2 heteroatoms. The number of benzene rings is 1.